The molecule has 4 aliphatic carbocycles. The van der Waals surface area contributed by atoms with Gasteiger partial charge >= 0.3 is 5.97 Å². The van der Waals surface area contributed by atoms with Gasteiger partial charge in [0.1, 0.15) is 5.60 Å². The zero-order valence-electron chi connectivity index (χ0n) is 21.1. The number of hydrogen-bond donors (Lipinski definition) is 1. The molecule has 31 heavy (non-hydrogen) atoms. The first-order valence-corrected chi connectivity index (χ1v) is 13.3. The molecule has 3 nitrogen and oxygen atoms in total. The Labute approximate surface area is 191 Å². The van der Waals surface area contributed by atoms with Crippen molar-refractivity contribution < 1.29 is 14.6 Å². The van der Waals surface area contributed by atoms with Gasteiger partial charge in [-0.25, -0.2) is 0 Å². The summed E-state index contributed by atoms with van der Waals surface area (Å²) in [7, 11) is 0. The summed E-state index contributed by atoms with van der Waals surface area (Å²) >= 11 is 0. The Morgan fingerprint density at radius 3 is 2.39 bits per heavy atom. The Hall–Kier alpha value is -0.570. The fourth-order valence-corrected chi connectivity index (χ4v) is 9.15. The molecule has 0 aromatic rings. The monoisotopic (exact) mass is 432 g/mol. The summed E-state index contributed by atoms with van der Waals surface area (Å²) in [6.45, 7) is 13.5. The van der Waals surface area contributed by atoms with Crippen LogP contribution >= 0.6 is 0 Å². The number of aliphatic hydroxyl groups is 1. The summed E-state index contributed by atoms with van der Waals surface area (Å²) in [5.41, 5.74) is 0.531. The van der Waals surface area contributed by atoms with Crippen LogP contribution in [0.2, 0.25) is 0 Å². The third-order valence-electron chi connectivity index (χ3n) is 10.6. The summed E-state index contributed by atoms with van der Waals surface area (Å²) in [5.74, 6) is 4.67. The van der Waals surface area contributed by atoms with Crippen LogP contribution in [-0.2, 0) is 9.53 Å². The second kappa shape index (κ2) is 8.33. The van der Waals surface area contributed by atoms with E-state index in [1.54, 1.807) is 0 Å². The third-order valence-corrected chi connectivity index (χ3v) is 10.6. The molecule has 178 valence electrons. The van der Waals surface area contributed by atoms with Crippen LogP contribution in [0.4, 0.5) is 0 Å². The SMILES string of the molecule is CC(CCC(=O)OC(C)(C)C)C1CCC2C3CCC4CC(O)CC[C@]4(C)C3CC[C@]12C. The highest BCUT2D eigenvalue weighted by molar-refractivity contribution is 5.69. The van der Waals surface area contributed by atoms with Crippen LogP contribution in [-0.4, -0.2) is 22.8 Å². The van der Waals surface area contributed by atoms with Crippen molar-refractivity contribution in [2.75, 3.05) is 0 Å². The van der Waals surface area contributed by atoms with Crippen LogP contribution in [0.15, 0.2) is 0 Å². The molecule has 0 spiro atoms. The quantitative estimate of drug-likeness (QED) is 0.499. The lowest BCUT2D eigenvalue weighted by atomic mass is 9.44. The predicted octanol–water partition coefficient (Wildman–Crippen LogP) is 6.76. The van der Waals surface area contributed by atoms with E-state index in [2.05, 4.69) is 20.8 Å². The van der Waals surface area contributed by atoms with Crippen LogP contribution in [0.25, 0.3) is 0 Å². The normalized spacial score (nSPS) is 45.9. The number of hydrogen-bond acceptors (Lipinski definition) is 3. The van der Waals surface area contributed by atoms with Gasteiger partial charge in [-0.2, -0.15) is 0 Å². The molecule has 3 heteroatoms. The molecule has 4 fully saturated rings. The summed E-state index contributed by atoms with van der Waals surface area (Å²) < 4.78 is 5.57. The number of esters is 1. The van der Waals surface area contributed by atoms with Crippen LogP contribution < -0.4 is 0 Å². The van der Waals surface area contributed by atoms with Crippen molar-refractivity contribution in [3.8, 4) is 0 Å². The average Bonchev–Trinajstić information content (AvgIpc) is 3.02. The van der Waals surface area contributed by atoms with E-state index in [-0.39, 0.29) is 17.7 Å². The lowest BCUT2D eigenvalue weighted by molar-refractivity contribution is -0.155. The van der Waals surface area contributed by atoms with Gasteiger partial charge in [0.15, 0.2) is 0 Å². The highest BCUT2D eigenvalue weighted by Crippen LogP contribution is 2.68. The predicted molar refractivity (Wildman–Crippen MR) is 125 cm³/mol. The molecule has 4 aliphatic rings. The number of fused-ring (bicyclic) bond motifs is 5. The Kier molecular flexibility index (Phi) is 6.34. The molecule has 4 rings (SSSR count). The zero-order chi connectivity index (χ0) is 22.6. The van der Waals surface area contributed by atoms with Crippen LogP contribution in [0.3, 0.4) is 0 Å². The van der Waals surface area contributed by atoms with Crippen LogP contribution in [0.5, 0.6) is 0 Å². The van der Waals surface area contributed by atoms with Gasteiger partial charge in [0.05, 0.1) is 6.10 Å². The second-order valence-corrected chi connectivity index (χ2v) is 13.4. The minimum Gasteiger partial charge on any atom is -0.460 e. The fourth-order valence-electron chi connectivity index (χ4n) is 9.15. The Balaban J connectivity index is 1.42. The smallest absolute Gasteiger partial charge is 0.306 e. The lowest BCUT2D eigenvalue weighted by Crippen LogP contribution is -2.54. The summed E-state index contributed by atoms with van der Waals surface area (Å²) in [5, 5.41) is 10.3. The van der Waals surface area contributed by atoms with E-state index in [0.29, 0.717) is 23.2 Å². The van der Waals surface area contributed by atoms with Gasteiger partial charge in [-0.15, -0.1) is 0 Å². The molecule has 0 bridgehead atoms. The molecule has 0 saturated heterocycles. The Morgan fingerprint density at radius 2 is 1.68 bits per heavy atom. The van der Waals surface area contributed by atoms with Crippen molar-refractivity contribution in [1.82, 2.24) is 0 Å². The van der Waals surface area contributed by atoms with Crippen molar-refractivity contribution in [2.24, 2.45) is 46.3 Å². The van der Waals surface area contributed by atoms with E-state index in [0.717, 1.165) is 48.9 Å². The summed E-state index contributed by atoms with van der Waals surface area (Å²) in [4.78, 5) is 12.3. The standard InChI is InChI=1S/C28H48O3/c1-18(7-12-25(30)31-26(2,3)4)22-10-11-23-21-9-8-19-17-20(29)13-15-27(19,5)24(21)14-16-28(22,23)6/h18-24,29H,7-17H2,1-6H3/t18?,19?,20?,21?,22?,23?,24?,27-,28+/m0/s1. The molecule has 4 saturated carbocycles. The fraction of sp³-hybridized carbons (Fsp3) is 0.964. The third kappa shape index (κ3) is 4.34. The minimum absolute atomic E-state index is 0.0338. The van der Waals surface area contributed by atoms with E-state index in [1.165, 1.54) is 44.9 Å². The van der Waals surface area contributed by atoms with E-state index >= 15 is 0 Å². The topological polar surface area (TPSA) is 46.5 Å². The number of ether oxygens (including phenoxy) is 1. The van der Waals surface area contributed by atoms with Gasteiger partial charge < -0.3 is 9.84 Å². The van der Waals surface area contributed by atoms with Crippen LogP contribution in [0, 0.1) is 46.3 Å². The first-order chi connectivity index (χ1) is 14.4. The molecular formula is C28H48O3. The van der Waals surface area contributed by atoms with Gasteiger partial charge in [-0.1, -0.05) is 20.8 Å². The molecule has 9 atom stereocenters. The van der Waals surface area contributed by atoms with Gasteiger partial charge in [0, 0.05) is 6.42 Å². The first kappa shape index (κ1) is 23.6. The molecule has 1 N–H and O–H groups in total. The maximum atomic E-state index is 12.3. The highest BCUT2D eigenvalue weighted by atomic mass is 16.6. The van der Waals surface area contributed by atoms with E-state index in [4.69, 9.17) is 4.74 Å². The molecule has 0 heterocycles. The van der Waals surface area contributed by atoms with Gasteiger partial charge in [0.2, 0.25) is 0 Å². The molecule has 0 aromatic heterocycles. The molecule has 0 amide bonds. The number of aliphatic hydroxyl groups excluding tert-OH is 1. The number of rotatable bonds is 4. The maximum absolute atomic E-state index is 12.3. The van der Waals surface area contributed by atoms with E-state index < -0.39 is 0 Å². The molecule has 7 unspecified atom stereocenters. The maximum Gasteiger partial charge on any atom is 0.306 e. The highest BCUT2D eigenvalue weighted by Gasteiger charge is 2.60. The van der Waals surface area contributed by atoms with Crippen molar-refractivity contribution in [1.29, 1.82) is 0 Å². The molecule has 0 aliphatic heterocycles. The zero-order valence-corrected chi connectivity index (χ0v) is 21.1. The van der Waals surface area contributed by atoms with Crippen molar-refractivity contribution in [2.45, 2.75) is 124 Å². The molecule has 0 aromatic carbocycles. The second-order valence-electron chi connectivity index (χ2n) is 13.4. The number of carbonyl (C=O) groups is 1. The van der Waals surface area contributed by atoms with Crippen LogP contribution in [0.1, 0.15) is 112 Å². The largest absolute Gasteiger partial charge is 0.460 e. The Bertz CT molecular complexity index is 666. The minimum atomic E-state index is -0.382. The average molecular weight is 433 g/mol. The summed E-state index contributed by atoms with van der Waals surface area (Å²) in [6, 6.07) is 0. The van der Waals surface area contributed by atoms with Gasteiger partial charge in [-0.05, 0) is 131 Å². The van der Waals surface area contributed by atoms with E-state index in [1.807, 2.05) is 20.8 Å². The van der Waals surface area contributed by atoms with Gasteiger partial charge in [-0.3, -0.25) is 4.79 Å². The molecular weight excluding hydrogens is 384 g/mol. The van der Waals surface area contributed by atoms with Crippen molar-refractivity contribution in [3.63, 3.8) is 0 Å². The van der Waals surface area contributed by atoms with Gasteiger partial charge in [0.25, 0.3) is 0 Å². The number of carbonyl (C=O) groups excluding carboxylic acids is 1. The Morgan fingerprint density at radius 1 is 1.00 bits per heavy atom. The summed E-state index contributed by atoms with van der Waals surface area (Å²) in [6.07, 6.45) is 13.0. The molecule has 0 radical (unpaired) electrons. The van der Waals surface area contributed by atoms with Crippen molar-refractivity contribution >= 4 is 5.97 Å². The first-order valence-electron chi connectivity index (χ1n) is 13.3. The van der Waals surface area contributed by atoms with E-state index in [9.17, 15) is 9.90 Å². The lowest BCUT2D eigenvalue weighted by Gasteiger charge is -2.61. The van der Waals surface area contributed by atoms with Crippen molar-refractivity contribution in [3.05, 3.63) is 0 Å².